The second-order valence-electron chi connectivity index (χ2n) is 7.80. The van der Waals surface area contributed by atoms with Crippen LogP contribution in [0.2, 0.25) is 0 Å². The largest absolute Gasteiger partial charge is 0.0651 e. The van der Waals surface area contributed by atoms with Gasteiger partial charge in [-0.05, 0) is 36.0 Å². The Hall–Kier alpha value is 0. The van der Waals surface area contributed by atoms with Crippen LogP contribution in [0.15, 0.2) is 0 Å². The van der Waals surface area contributed by atoms with Gasteiger partial charge in [0.05, 0.1) is 0 Å². The Morgan fingerprint density at radius 2 is 1.10 bits per heavy atom. The van der Waals surface area contributed by atoms with E-state index < -0.39 is 0 Å². The van der Waals surface area contributed by atoms with Crippen LogP contribution in [0.25, 0.3) is 0 Å². The van der Waals surface area contributed by atoms with Gasteiger partial charge in [0.1, 0.15) is 0 Å². The van der Waals surface area contributed by atoms with Crippen LogP contribution in [0, 0.1) is 29.6 Å². The van der Waals surface area contributed by atoms with Gasteiger partial charge in [-0.2, -0.15) is 0 Å². The molecule has 0 saturated heterocycles. The molecule has 0 aromatic carbocycles. The maximum absolute atomic E-state index is 2.46. The summed E-state index contributed by atoms with van der Waals surface area (Å²) in [4.78, 5) is 0. The summed E-state index contributed by atoms with van der Waals surface area (Å²) in [5, 5.41) is 0. The molecule has 0 aromatic heterocycles. The van der Waals surface area contributed by atoms with Crippen LogP contribution in [0.3, 0.4) is 0 Å². The molecule has 0 rings (SSSR count). The maximum atomic E-state index is 2.46. The minimum atomic E-state index is 0.873. The smallest absolute Gasteiger partial charge is 0.0363 e. The van der Waals surface area contributed by atoms with E-state index in [1.54, 1.807) is 0 Å². The number of hydrogen-bond acceptors (Lipinski definition) is 0. The molecule has 0 N–H and O–H groups in total. The fourth-order valence-electron chi connectivity index (χ4n) is 3.37. The zero-order chi connectivity index (χ0) is 15.5. The lowest BCUT2D eigenvalue weighted by Crippen LogP contribution is -2.19. The molecule has 0 heteroatoms. The fraction of sp³-hybridized carbons (Fsp3) is 1.00. The van der Waals surface area contributed by atoms with Crippen molar-refractivity contribution in [3.05, 3.63) is 0 Å². The third kappa shape index (κ3) is 9.03. The summed E-state index contributed by atoms with van der Waals surface area (Å²) < 4.78 is 0. The molecule has 0 fully saturated rings. The Balaban J connectivity index is 3.88. The summed E-state index contributed by atoms with van der Waals surface area (Å²) in [5.41, 5.74) is 0. The van der Waals surface area contributed by atoms with Crippen molar-refractivity contribution in [1.29, 1.82) is 0 Å². The number of rotatable bonds is 12. The highest BCUT2D eigenvalue weighted by molar-refractivity contribution is 4.71. The highest BCUT2D eigenvalue weighted by atomic mass is 14.3. The number of unbranched alkanes of at least 4 members (excludes halogenated alkanes) is 1. The van der Waals surface area contributed by atoms with Crippen molar-refractivity contribution in [2.24, 2.45) is 29.6 Å². The van der Waals surface area contributed by atoms with Gasteiger partial charge in [-0.25, -0.2) is 0 Å². The summed E-state index contributed by atoms with van der Waals surface area (Å²) in [5.74, 6) is 4.57. The Bertz CT molecular complexity index is 196. The number of hydrogen-bond donors (Lipinski definition) is 0. The molecule has 0 amide bonds. The average Bonchev–Trinajstić information content (AvgIpc) is 2.43. The van der Waals surface area contributed by atoms with E-state index in [9.17, 15) is 0 Å². The van der Waals surface area contributed by atoms with Crippen molar-refractivity contribution in [2.45, 2.75) is 99.8 Å². The van der Waals surface area contributed by atoms with Crippen molar-refractivity contribution < 1.29 is 0 Å². The van der Waals surface area contributed by atoms with E-state index in [1.807, 2.05) is 0 Å². The lowest BCUT2D eigenvalue weighted by Gasteiger charge is -2.28. The first-order valence-electron chi connectivity index (χ1n) is 9.42. The van der Waals surface area contributed by atoms with Crippen molar-refractivity contribution in [1.82, 2.24) is 0 Å². The van der Waals surface area contributed by atoms with Crippen LogP contribution >= 0.6 is 0 Å². The molecule has 0 saturated carbocycles. The summed E-state index contributed by atoms with van der Waals surface area (Å²) in [6.07, 6.45) is 11.3. The van der Waals surface area contributed by atoms with E-state index in [0.29, 0.717) is 0 Å². The van der Waals surface area contributed by atoms with E-state index >= 15 is 0 Å². The van der Waals surface area contributed by atoms with Crippen LogP contribution < -0.4 is 0 Å². The van der Waals surface area contributed by atoms with Crippen LogP contribution in [-0.4, -0.2) is 0 Å². The topological polar surface area (TPSA) is 0 Å². The molecule has 20 heavy (non-hydrogen) atoms. The lowest BCUT2D eigenvalue weighted by atomic mass is 9.77. The van der Waals surface area contributed by atoms with Gasteiger partial charge in [0, 0.05) is 0 Å². The van der Waals surface area contributed by atoms with Gasteiger partial charge in [0.25, 0.3) is 0 Å². The first-order chi connectivity index (χ1) is 9.42. The summed E-state index contributed by atoms with van der Waals surface area (Å²) >= 11 is 0. The van der Waals surface area contributed by atoms with Gasteiger partial charge in [-0.1, -0.05) is 93.4 Å². The molecule has 0 nitrogen and oxygen atoms in total. The van der Waals surface area contributed by atoms with Crippen molar-refractivity contribution >= 4 is 0 Å². The van der Waals surface area contributed by atoms with Crippen LogP contribution in [0.4, 0.5) is 0 Å². The highest BCUT2D eigenvalue weighted by Gasteiger charge is 2.20. The third-order valence-electron chi connectivity index (χ3n) is 5.47. The molecule has 0 aromatic rings. The van der Waals surface area contributed by atoms with E-state index in [4.69, 9.17) is 0 Å². The standard InChI is InChI=1S/C20H42/c1-8-18(6)20(19(7)9-2)13-11-10-12-17(5)15-14-16(3)4/h16-20H,8-15H2,1-7H3. The van der Waals surface area contributed by atoms with Crippen molar-refractivity contribution in [3.8, 4) is 0 Å². The van der Waals surface area contributed by atoms with Gasteiger partial charge in [0.2, 0.25) is 0 Å². The quantitative estimate of drug-likeness (QED) is 0.329. The van der Waals surface area contributed by atoms with Crippen LogP contribution in [0.1, 0.15) is 99.8 Å². The SMILES string of the molecule is CCC(C)C(CCCCC(C)CCC(C)C)C(C)CC. The molecule has 0 bridgehead atoms. The first-order valence-corrected chi connectivity index (χ1v) is 9.42. The van der Waals surface area contributed by atoms with Gasteiger partial charge >= 0.3 is 0 Å². The Labute approximate surface area is 130 Å². The van der Waals surface area contributed by atoms with E-state index in [1.165, 1.54) is 51.4 Å². The molecule has 0 radical (unpaired) electrons. The zero-order valence-electron chi connectivity index (χ0n) is 15.5. The lowest BCUT2D eigenvalue weighted by molar-refractivity contribution is 0.220. The van der Waals surface area contributed by atoms with Crippen molar-refractivity contribution in [2.75, 3.05) is 0 Å². The van der Waals surface area contributed by atoms with Crippen LogP contribution in [-0.2, 0) is 0 Å². The fourth-order valence-corrected chi connectivity index (χ4v) is 3.37. The molecule has 0 spiro atoms. The summed E-state index contributed by atoms with van der Waals surface area (Å²) in [7, 11) is 0. The Morgan fingerprint density at radius 3 is 1.55 bits per heavy atom. The molecule has 0 aliphatic heterocycles. The molecule has 0 aliphatic carbocycles. The van der Waals surface area contributed by atoms with E-state index in [0.717, 1.165) is 29.6 Å². The minimum absolute atomic E-state index is 0.873. The van der Waals surface area contributed by atoms with Crippen LogP contribution in [0.5, 0.6) is 0 Å². The zero-order valence-corrected chi connectivity index (χ0v) is 15.5. The summed E-state index contributed by atoms with van der Waals surface area (Å²) in [6, 6.07) is 0. The molecular formula is C20H42. The van der Waals surface area contributed by atoms with Crippen molar-refractivity contribution in [3.63, 3.8) is 0 Å². The molecular weight excluding hydrogens is 240 g/mol. The van der Waals surface area contributed by atoms with Gasteiger partial charge in [-0.15, -0.1) is 0 Å². The Kier molecular flexibility index (Phi) is 11.6. The van der Waals surface area contributed by atoms with Gasteiger partial charge in [-0.3, -0.25) is 0 Å². The molecule has 122 valence electrons. The molecule has 3 atom stereocenters. The monoisotopic (exact) mass is 282 g/mol. The third-order valence-corrected chi connectivity index (χ3v) is 5.47. The average molecular weight is 283 g/mol. The first kappa shape index (κ1) is 20.0. The summed E-state index contributed by atoms with van der Waals surface area (Å²) in [6.45, 7) is 16.8. The predicted molar refractivity (Wildman–Crippen MR) is 94.1 cm³/mol. The minimum Gasteiger partial charge on any atom is -0.0651 e. The van der Waals surface area contributed by atoms with E-state index in [2.05, 4.69) is 48.5 Å². The normalized spacial score (nSPS) is 18.0. The molecule has 3 unspecified atom stereocenters. The molecule has 0 heterocycles. The molecule has 0 aliphatic rings. The highest BCUT2D eigenvalue weighted by Crippen LogP contribution is 2.31. The second kappa shape index (κ2) is 11.6. The maximum Gasteiger partial charge on any atom is -0.0363 e. The Morgan fingerprint density at radius 1 is 0.600 bits per heavy atom. The van der Waals surface area contributed by atoms with E-state index in [-0.39, 0.29) is 0 Å². The predicted octanol–water partition coefficient (Wildman–Crippen LogP) is 7.33. The van der Waals surface area contributed by atoms with Gasteiger partial charge < -0.3 is 0 Å². The second-order valence-corrected chi connectivity index (χ2v) is 7.80. The van der Waals surface area contributed by atoms with Gasteiger partial charge in [0.15, 0.2) is 0 Å².